The summed E-state index contributed by atoms with van der Waals surface area (Å²) in [4.78, 5) is 23.7. The molecule has 0 fully saturated rings. The SMILES string of the molecule is CCN(C(=O)OCc1cc(C)on1)c1ccc2c(c1)N(Cc1c[nH]cn1)CCO2. The predicted octanol–water partition coefficient (Wildman–Crippen LogP) is 3.27. The molecule has 4 rings (SSSR count). The van der Waals surface area contributed by atoms with Crippen LogP contribution in [-0.2, 0) is 17.9 Å². The number of anilines is 2. The molecule has 0 bridgehead atoms. The van der Waals surface area contributed by atoms with E-state index < -0.39 is 6.09 Å². The maximum atomic E-state index is 12.6. The summed E-state index contributed by atoms with van der Waals surface area (Å²) in [5.74, 6) is 1.47. The summed E-state index contributed by atoms with van der Waals surface area (Å²) < 4.78 is 16.2. The highest BCUT2D eigenvalue weighted by molar-refractivity contribution is 5.89. The van der Waals surface area contributed by atoms with Gasteiger partial charge in [-0.3, -0.25) is 4.90 Å². The van der Waals surface area contributed by atoms with Crippen molar-refractivity contribution in [2.24, 2.45) is 0 Å². The van der Waals surface area contributed by atoms with Crippen LogP contribution in [0.2, 0.25) is 0 Å². The Bertz CT molecular complexity index is 969. The minimum atomic E-state index is -0.441. The van der Waals surface area contributed by atoms with Gasteiger partial charge >= 0.3 is 6.09 Å². The van der Waals surface area contributed by atoms with Gasteiger partial charge in [-0.05, 0) is 32.0 Å². The number of rotatable bonds is 6. The molecule has 0 saturated carbocycles. The third-order valence-corrected chi connectivity index (χ3v) is 4.68. The van der Waals surface area contributed by atoms with Crippen LogP contribution in [0.25, 0.3) is 0 Å². The summed E-state index contributed by atoms with van der Waals surface area (Å²) >= 11 is 0. The maximum absolute atomic E-state index is 12.6. The quantitative estimate of drug-likeness (QED) is 0.682. The van der Waals surface area contributed by atoms with E-state index in [1.807, 2.05) is 31.3 Å². The number of carbonyl (C=O) groups excluding carboxylic acids is 1. The number of fused-ring (bicyclic) bond motifs is 1. The fourth-order valence-corrected chi connectivity index (χ4v) is 3.28. The van der Waals surface area contributed by atoms with Crippen LogP contribution in [0.3, 0.4) is 0 Å². The minimum absolute atomic E-state index is 0.0615. The molecule has 0 atom stereocenters. The second kappa shape index (κ2) is 8.26. The highest BCUT2D eigenvalue weighted by Gasteiger charge is 2.23. The molecule has 2 aromatic heterocycles. The molecule has 0 spiro atoms. The van der Waals surface area contributed by atoms with Gasteiger partial charge in [0.2, 0.25) is 0 Å². The zero-order valence-corrected chi connectivity index (χ0v) is 16.4. The molecular formula is C20H23N5O4. The van der Waals surface area contributed by atoms with E-state index in [9.17, 15) is 4.79 Å². The van der Waals surface area contributed by atoms with Crippen molar-refractivity contribution in [2.75, 3.05) is 29.5 Å². The summed E-state index contributed by atoms with van der Waals surface area (Å²) in [6, 6.07) is 7.44. The number of benzene rings is 1. The van der Waals surface area contributed by atoms with Crippen LogP contribution < -0.4 is 14.5 Å². The number of hydrogen-bond acceptors (Lipinski definition) is 7. The number of carbonyl (C=O) groups is 1. The molecule has 0 saturated heterocycles. The average Bonchev–Trinajstić information content (AvgIpc) is 3.39. The fourth-order valence-electron chi connectivity index (χ4n) is 3.28. The number of aryl methyl sites for hydroxylation is 1. The Hall–Kier alpha value is -3.49. The van der Waals surface area contributed by atoms with Crippen LogP contribution in [0, 0.1) is 6.92 Å². The van der Waals surface area contributed by atoms with Crippen molar-refractivity contribution >= 4 is 17.5 Å². The molecule has 1 aromatic carbocycles. The number of aromatic amines is 1. The average molecular weight is 397 g/mol. The molecular weight excluding hydrogens is 374 g/mol. The standard InChI is InChI=1S/C20H23N5O4/c1-3-25(20(26)28-12-15-8-14(2)29-23-15)17-4-5-19-18(9-17)24(6-7-27-19)11-16-10-21-13-22-16/h4-5,8-10,13H,3,6-7,11-12H2,1-2H3,(H,21,22). The van der Waals surface area contributed by atoms with Gasteiger partial charge in [0, 0.05) is 24.5 Å². The summed E-state index contributed by atoms with van der Waals surface area (Å²) in [6.07, 6.45) is 3.10. The lowest BCUT2D eigenvalue weighted by molar-refractivity contribution is 0.144. The second-order valence-corrected chi connectivity index (χ2v) is 6.71. The lowest BCUT2D eigenvalue weighted by Gasteiger charge is -2.32. The second-order valence-electron chi connectivity index (χ2n) is 6.71. The minimum Gasteiger partial charge on any atom is -0.490 e. The largest absolute Gasteiger partial charge is 0.490 e. The van der Waals surface area contributed by atoms with E-state index in [0.29, 0.717) is 31.2 Å². The molecule has 152 valence electrons. The molecule has 29 heavy (non-hydrogen) atoms. The Labute approximate surface area is 168 Å². The Morgan fingerprint density at radius 3 is 2.97 bits per heavy atom. The topological polar surface area (TPSA) is 96.7 Å². The van der Waals surface area contributed by atoms with Crippen molar-refractivity contribution in [2.45, 2.75) is 27.0 Å². The normalized spacial score (nSPS) is 13.0. The molecule has 0 aliphatic carbocycles. The molecule has 0 unspecified atom stereocenters. The first kappa shape index (κ1) is 18.9. The highest BCUT2D eigenvalue weighted by Crippen LogP contribution is 2.36. The molecule has 0 radical (unpaired) electrons. The third-order valence-electron chi connectivity index (χ3n) is 4.68. The van der Waals surface area contributed by atoms with Gasteiger partial charge in [0.1, 0.15) is 30.4 Å². The Morgan fingerprint density at radius 2 is 2.24 bits per heavy atom. The highest BCUT2D eigenvalue weighted by atomic mass is 16.6. The predicted molar refractivity (Wildman–Crippen MR) is 106 cm³/mol. The lowest BCUT2D eigenvalue weighted by Crippen LogP contribution is -2.34. The third kappa shape index (κ3) is 4.18. The maximum Gasteiger partial charge on any atom is 0.414 e. The van der Waals surface area contributed by atoms with Crippen molar-refractivity contribution in [3.63, 3.8) is 0 Å². The Kier molecular flexibility index (Phi) is 5.37. The van der Waals surface area contributed by atoms with Gasteiger partial charge in [0.25, 0.3) is 0 Å². The van der Waals surface area contributed by atoms with Crippen molar-refractivity contribution in [3.05, 3.63) is 53.9 Å². The molecule has 1 aliphatic rings. The van der Waals surface area contributed by atoms with E-state index in [0.717, 1.165) is 29.4 Å². The summed E-state index contributed by atoms with van der Waals surface area (Å²) in [6.45, 7) is 6.23. The smallest absolute Gasteiger partial charge is 0.414 e. The number of H-pyrrole nitrogens is 1. The van der Waals surface area contributed by atoms with Gasteiger partial charge in [-0.1, -0.05) is 5.16 Å². The Morgan fingerprint density at radius 1 is 1.34 bits per heavy atom. The van der Waals surface area contributed by atoms with Crippen molar-refractivity contribution in [3.8, 4) is 5.75 Å². The van der Waals surface area contributed by atoms with Crippen LogP contribution in [-0.4, -0.2) is 40.9 Å². The van der Waals surface area contributed by atoms with E-state index in [2.05, 4.69) is 20.0 Å². The van der Waals surface area contributed by atoms with Crippen molar-refractivity contribution in [1.29, 1.82) is 0 Å². The van der Waals surface area contributed by atoms with Crippen LogP contribution in [0.5, 0.6) is 5.75 Å². The van der Waals surface area contributed by atoms with Gasteiger partial charge in [-0.2, -0.15) is 0 Å². The fraction of sp³-hybridized carbons (Fsp3) is 0.350. The van der Waals surface area contributed by atoms with E-state index in [-0.39, 0.29) is 6.61 Å². The number of nitrogens with one attached hydrogen (secondary N) is 1. The van der Waals surface area contributed by atoms with Gasteiger partial charge < -0.3 is 23.9 Å². The number of imidazole rings is 1. The monoisotopic (exact) mass is 397 g/mol. The molecule has 9 nitrogen and oxygen atoms in total. The van der Waals surface area contributed by atoms with Crippen molar-refractivity contribution in [1.82, 2.24) is 15.1 Å². The van der Waals surface area contributed by atoms with E-state index >= 15 is 0 Å². The van der Waals surface area contributed by atoms with Gasteiger partial charge in [0.05, 0.1) is 30.8 Å². The first-order chi connectivity index (χ1) is 14.1. The molecule has 3 heterocycles. The molecule has 3 aromatic rings. The van der Waals surface area contributed by atoms with Crippen LogP contribution in [0.15, 0.2) is 41.3 Å². The number of aromatic nitrogens is 3. The van der Waals surface area contributed by atoms with Crippen LogP contribution in [0.1, 0.15) is 24.1 Å². The zero-order valence-electron chi connectivity index (χ0n) is 16.4. The molecule has 1 amide bonds. The van der Waals surface area contributed by atoms with Gasteiger partial charge in [0.15, 0.2) is 0 Å². The molecule has 9 heteroatoms. The summed E-state index contributed by atoms with van der Waals surface area (Å²) in [7, 11) is 0. The number of amides is 1. The van der Waals surface area contributed by atoms with E-state index in [1.165, 1.54) is 0 Å². The molecule has 1 aliphatic heterocycles. The van der Waals surface area contributed by atoms with Crippen LogP contribution >= 0.6 is 0 Å². The summed E-state index contributed by atoms with van der Waals surface area (Å²) in [5, 5.41) is 3.85. The van der Waals surface area contributed by atoms with Crippen molar-refractivity contribution < 1.29 is 18.8 Å². The van der Waals surface area contributed by atoms with Gasteiger partial charge in [-0.25, -0.2) is 9.78 Å². The number of hydrogen-bond donors (Lipinski definition) is 1. The van der Waals surface area contributed by atoms with E-state index in [4.69, 9.17) is 14.0 Å². The van der Waals surface area contributed by atoms with Crippen LogP contribution in [0.4, 0.5) is 16.2 Å². The zero-order chi connectivity index (χ0) is 20.2. The number of ether oxygens (including phenoxy) is 2. The molecule has 1 N–H and O–H groups in total. The first-order valence-corrected chi connectivity index (χ1v) is 9.50. The van der Waals surface area contributed by atoms with Gasteiger partial charge in [-0.15, -0.1) is 0 Å². The van der Waals surface area contributed by atoms with E-state index in [1.54, 1.807) is 24.2 Å². The Balaban J connectivity index is 1.51. The summed E-state index contributed by atoms with van der Waals surface area (Å²) in [5.41, 5.74) is 3.19. The lowest BCUT2D eigenvalue weighted by atomic mass is 10.2. The first-order valence-electron chi connectivity index (χ1n) is 9.50. The number of nitrogens with zero attached hydrogens (tertiary/aromatic N) is 4.